The summed E-state index contributed by atoms with van der Waals surface area (Å²) in [4.78, 5) is 28.9. The Morgan fingerprint density at radius 2 is 1.72 bits per heavy atom. The van der Waals surface area contributed by atoms with Crippen LogP contribution in [0.3, 0.4) is 0 Å². The molecule has 6 atom stereocenters. The number of nitrogens with zero attached hydrogens (tertiary/aromatic N) is 1. The number of imide groups is 1. The summed E-state index contributed by atoms with van der Waals surface area (Å²) in [6.07, 6.45) is 1.63. The standard InChI is InChI=1S/C31H31BrN2O5/c1-2-6-18-15-24-28(25-17-27(39-31(18,25)38)23-16-19(32)9-14-26(23)35)30(37)34(29(24)36)22-12-10-21(11-13-22)33-20-7-4-3-5-8-20/h3-5,7-14,16,18,24-25,27-28,33,35,38H,2,6,15,17H2,1H3/t18-,24-,25-,27-,28-,31+/m0/s1. The van der Waals surface area contributed by atoms with Crippen molar-refractivity contribution in [3.63, 3.8) is 0 Å². The Kier molecular flexibility index (Phi) is 6.73. The van der Waals surface area contributed by atoms with Crippen molar-refractivity contribution < 1.29 is 24.5 Å². The second-order valence-electron chi connectivity index (χ2n) is 10.8. The first-order chi connectivity index (χ1) is 18.8. The topological polar surface area (TPSA) is 99.1 Å². The van der Waals surface area contributed by atoms with Crippen LogP contribution < -0.4 is 10.2 Å². The van der Waals surface area contributed by atoms with Crippen LogP contribution in [0.2, 0.25) is 0 Å². The van der Waals surface area contributed by atoms with E-state index in [1.807, 2.05) is 49.4 Å². The second kappa shape index (κ2) is 10.1. The number of benzene rings is 3. The fourth-order valence-electron chi connectivity index (χ4n) is 6.77. The third-order valence-corrected chi connectivity index (χ3v) is 9.02. The van der Waals surface area contributed by atoms with Crippen LogP contribution >= 0.6 is 15.9 Å². The van der Waals surface area contributed by atoms with Gasteiger partial charge in [-0.25, -0.2) is 0 Å². The van der Waals surface area contributed by atoms with Crippen LogP contribution in [0.4, 0.5) is 17.1 Å². The SMILES string of the molecule is CCC[C@H]1C[C@@H]2C(=O)N(c3ccc(Nc4ccccc4)cc3)C(=O)[C@@H]2[C@@H]2C[C@@H](c3cc(Br)ccc3O)O[C@]12O. The van der Waals surface area contributed by atoms with Crippen molar-refractivity contribution in [1.82, 2.24) is 0 Å². The third-order valence-electron chi connectivity index (χ3n) is 8.53. The van der Waals surface area contributed by atoms with Gasteiger partial charge in [0.05, 0.1) is 23.6 Å². The first kappa shape index (κ1) is 26.0. The van der Waals surface area contributed by atoms with E-state index in [1.165, 1.54) is 4.90 Å². The number of rotatable bonds is 6. The van der Waals surface area contributed by atoms with Crippen molar-refractivity contribution in [3.05, 3.63) is 82.8 Å². The highest BCUT2D eigenvalue weighted by Crippen LogP contribution is 2.60. The van der Waals surface area contributed by atoms with E-state index in [1.54, 1.807) is 30.3 Å². The molecule has 1 saturated carbocycles. The van der Waals surface area contributed by atoms with Crippen molar-refractivity contribution in [2.75, 3.05) is 10.2 Å². The summed E-state index contributed by atoms with van der Waals surface area (Å²) in [7, 11) is 0. The Balaban J connectivity index is 1.30. The molecule has 2 amide bonds. The molecule has 0 aromatic heterocycles. The molecule has 0 radical (unpaired) electrons. The van der Waals surface area contributed by atoms with Gasteiger partial charge in [-0.05, 0) is 73.9 Å². The number of anilines is 3. The molecule has 3 N–H and O–H groups in total. The molecule has 0 bridgehead atoms. The molecule has 7 nitrogen and oxygen atoms in total. The Morgan fingerprint density at radius 3 is 2.44 bits per heavy atom. The Hall–Kier alpha value is -3.20. The predicted molar refractivity (Wildman–Crippen MR) is 151 cm³/mol. The molecule has 8 heteroatoms. The maximum absolute atomic E-state index is 13.9. The van der Waals surface area contributed by atoms with E-state index in [0.717, 1.165) is 22.3 Å². The summed E-state index contributed by atoms with van der Waals surface area (Å²) in [6, 6.07) is 22.1. The number of nitrogens with one attached hydrogen (secondary N) is 1. The molecule has 6 rings (SSSR count). The lowest BCUT2D eigenvalue weighted by atomic mass is 9.63. The Labute approximate surface area is 235 Å². The molecule has 2 aliphatic heterocycles. The number of hydrogen-bond acceptors (Lipinski definition) is 6. The molecule has 0 spiro atoms. The van der Waals surface area contributed by atoms with Crippen LogP contribution in [0, 0.1) is 23.7 Å². The molecule has 39 heavy (non-hydrogen) atoms. The number of para-hydroxylation sites is 1. The number of fused-ring (bicyclic) bond motifs is 3. The molecule has 3 aromatic carbocycles. The summed E-state index contributed by atoms with van der Waals surface area (Å²) >= 11 is 3.45. The van der Waals surface area contributed by atoms with Gasteiger partial charge in [0.2, 0.25) is 11.8 Å². The maximum Gasteiger partial charge on any atom is 0.238 e. The van der Waals surface area contributed by atoms with E-state index < -0.39 is 29.6 Å². The van der Waals surface area contributed by atoms with Gasteiger partial charge in [0.15, 0.2) is 5.79 Å². The largest absolute Gasteiger partial charge is 0.508 e. The van der Waals surface area contributed by atoms with E-state index in [4.69, 9.17) is 4.74 Å². The monoisotopic (exact) mass is 590 g/mol. The number of carbonyl (C=O) groups excluding carboxylic acids is 2. The second-order valence-corrected chi connectivity index (χ2v) is 11.7. The van der Waals surface area contributed by atoms with Crippen LogP contribution in [0.25, 0.3) is 0 Å². The summed E-state index contributed by atoms with van der Waals surface area (Å²) in [6.45, 7) is 2.04. The van der Waals surface area contributed by atoms with Crippen molar-refractivity contribution in [2.45, 2.75) is 44.5 Å². The van der Waals surface area contributed by atoms with Gasteiger partial charge in [0, 0.05) is 33.2 Å². The molecule has 3 aliphatic rings. The molecule has 3 fully saturated rings. The summed E-state index contributed by atoms with van der Waals surface area (Å²) in [5.74, 6) is -4.03. The third kappa shape index (κ3) is 4.44. The number of phenols is 1. The van der Waals surface area contributed by atoms with Gasteiger partial charge in [-0.2, -0.15) is 0 Å². The highest BCUT2D eigenvalue weighted by atomic mass is 79.9. The summed E-state index contributed by atoms with van der Waals surface area (Å²) < 4.78 is 7.11. The lowest BCUT2D eigenvalue weighted by Crippen LogP contribution is -2.53. The first-order valence-corrected chi connectivity index (χ1v) is 14.3. The van der Waals surface area contributed by atoms with Crippen LogP contribution in [-0.4, -0.2) is 27.8 Å². The molecular formula is C31H31BrN2O5. The van der Waals surface area contributed by atoms with Crippen LogP contribution in [0.5, 0.6) is 5.75 Å². The highest BCUT2D eigenvalue weighted by Gasteiger charge is 2.66. The van der Waals surface area contributed by atoms with E-state index in [2.05, 4.69) is 21.2 Å². The fourth-order valence-corrected chi connectivity index (χ4v) is 7.15. The number of halogens is 1. The zero-order chi connectivity index (χ0) is 27.3. The van der Waals surface area contributed by atoms with Gasteiger partial charge < -0.3 is 20.3 Å². The van der Waals surface area contributed by atoms with Gasteiger partial charge >= 0.3 is 0 Å². The lowest BCUT2D eigenvalue weighted by Gasteiger charge is -2.44. The van der Waals surface area contributed by atoms with Gasteiger partial charge in [-0.3, -0.25) is 14.5 Å². The minimum Gasteiger partial charge on any atom is -0.508 e. The van der Waals surface area contributed by atoms with E-state index in [-0.39, 0.29) is 23.5 Å². The minimum absolute atomic E-state index is 0.0775. The van der Waals surface area contributed by atoms with Gasteiger partial charge in [0.1, 0.15) is 5.75 Å². The molecule has 3 aromatic rings. The van der Waals surface area contributed by atoms with Crippen molar-refractivity contribution >= 4 is 44.8 Å². The average Bonchev–Trinajstić information content (AvgIpc) is 3.41. The fraction of sp³-hybridized carbons (Fsp3) is 0.355. The molecule has 1 aliphatic carbocycles. The molecular weight excluding hydrogens is 560 g/mol. The molecule has 2 heterocycles. The Bertz CT molecular complexity index is 1400. The first-order valence-electron chi connectivity index (χ1n) is 13.5. The molecule has 202 valence electrons. The number of aromatic hydroxyl groups is 1. The predicted octanol–water partition coefficient (Wildman–Crippen LogP) is 6.29. The van der Waals surface area contributed by atoms with E-state index in [9.17, 15) is 19.8 Å². The quantitative estimate of drug-likeness (QED) is 0.292. The molecule has 0 unspecified atom stereocenters. The number of hydrogen-bond donors (Lipinski definition) is 3. The van der Waals surface area contributed by atoms with Crippen LogP contribution in [0.15, 0.2) is 77.3 Å². The summed E-state index contributed by atoms with van der Waals surface area (Å²) in [5.41, 5.74) is 2.88. The van der Waals surface area contributed by atoms with Crippen molar-refractivity contribution in [1.29, 1.82) is 0 Å². The number of phenolic OH excluding ortho intramolecular Hbond substituents is 1. The van der Waals surface area contributed by atoms with E-state index in [0.29, 0.717) is 30.5 Å². The number of carbonyl (C=O) groups is 2. The van der Waals surface area contributed by atoms with Crippen molar-refractivity contribution in [3.8, 4) is 5.75 Å². The zero-order valence-electron chi connectivity index (χ0n) is 21.6. The van der Waals surface area contributed by atoms with Crippen LogP contribution in [-0.2, 0) is 14.3 Å². The number of aliphatic hydroxyl groups is 1. The van der Waals surface area contributed by atoms with E-state index >= 15 is 0 Å². The Morgan fingerprint density at radius 1 is 1.00 bits per heavy atom. The van der Waals surface area contributed by atoms with Crippen molar-refractivity contribution in [2.24, 2.45) is 23.7 Å². The van der Waals surface area contributed by atoms with Gasteiger partial charge in [-0.1, -0.05) is 47.5 Å². The maximum atomic E-state index is 13.9. The zero-order valence-corrected chi connectivity index (χ0v) is 23.2. The smallest absolute Gasteiger partial charge is 0.238 e. The van der Waals surface area contributed by atoms with Gasteiger partial charge in [0.25, 0.3) is 0 Å². The minimum atomic E-state index is -1.55. The van der Waals surface area contributed by atoms with Gasteiger partial charge in [-0.15, -0.1) is 0 Å². The summed E-state index contributed by atoms with van der Waals surface area (Å²) in [5, 5.41) is 25.8. The normalized spacial score (nSPS) is 29.8. The highest BCUT2D eigenvalue weighted by molar-refractivity contribution is 9.10. The molecule has 2 saturated heterocycles. The number of amides is 2. The number of ether oxygens (including phenoxy) is 1. The van der Waals surface area contributed by atoms with Crippen LogP contribution in [0.1, 0.15) is 44.3 Å². The lowest BCUT2D eigenvalue weighted by molar-refractivity contribution is -0.270. The average molecular weight is 592 g/mol.